The zero-order valence-electron chi connectivity index (χ0n) is 11.8. The summed E-state index contributed by atoms with van der Waals surface area (Å²) in [6.07, 6.45) is 3.23. The predicted octanol–water partition coefficient (Wildman–Crippen LogP) is 2.12. The van der Waals surface area contributed by atoms with E-state index in [1.54, 1.807) is 36.5 Å². The highest BCUT2D eigenvalue weighted by atomic mass is 16.6. The van der Waals surface area contributed by atoms with Crippen LogP contribution >= 0.6 is 0 Å². The van der Waals surface area contributed by atoms with Crippen LogP contribution in [0.15, 0.2) is 42.7 Å². The minimum Gasteiger partial charge on any atom is -0.486 e. The molecule has 108 valence electrons. The molecule has 1 aliphatic heterocycles. The molecule has 0 radical (unpaired) electrons. The maximum Gasteiger partial charge on any atom is 0.254 e. The fourth-order valence-electron chi connectivity index (χ4n) is 2.25. The van der Waals surface area contributed by atoms with Crippen molar-refractivity contribution in [2.24, 2.45) is 0 Å². The molecule has 0 N–H and O–H groups in total. The monoisotopic (exact) mass is 284 g/mol. The van der Waals surface area contributed by atoms with E-state index in [4.69, 9.17) is 9.47 Å². The molecule has 1 aromatic heterocycles. The average molecular weight is 284 g/mol. The molecule has 5 nitrogen and oxygen atoms in total. The number of hydrogen-bond acceptors (Lipinski definition) is 4. The van der Waals surface area contributed by atoms with E-state index in [9.17, 15) is 4.79 Å². The summed E-state index contributed by atoms with van der Waals surface area (Å²) < 4.78 is 11.0. The van der Waals surface area contributed by atoms with Crippen LogP contribution < -0.4 is 9.47 Å². The summed E-state index contributed by atoms with van der Waals surface area (Å²) in [6.45, 7) is 1.65. The van der Waals surface area contributed by atoms with Gasteiger partial charge in [0.25, 0.3) is 5.91 Å². The number of rotatable bonds is 3. The number of benzene rings is 1. The van der Waals surface area contributed by atoms with Gasteiger partial charge in [0, 0.05) is 31.5 Å². The van der Waals surface area contributed by atoms with E-state index < -0.39 is 0 Å². The summed E-state index contributed by atoms with van der Waals surface area (Å²) in [5.41, 5.74) is 1.63. The topological polar surface area (TPSA) is 51.7 Å². The molecule has 21 heavy (non-hydrogen) atoms. The van der Waals surface area contributed by atoms with Crippen molar-refractivity contribution in [2.45, 2.75) is 6.54 Å². The van der Waals surface area contributed by atoms with Crippen molar-refractivity contribution in [1.82, 2.24) is 9.88 Å². The molecule has 1 aromatic carbocycles. The van der Waals surface area contributed by atoms with Crippen molar-refractivity contribution in [2.75, 3.05) is 20.3 Å². The first-order chi connectivity index (χ1) is 10.2. The van der Waals surface area contributed by atoms with Gasteiger partial charge in [-0.1, -0.05) is 6.07 Å². The van der Waals surface area contributed by atoms with Crippen LogP contribution in [0, 0.1) is 0 Å². The Morgan fingerprint density at radius 3 is 2.62 bits per heavy atom. The molecule has 1 amide bonds. The van der Waals surface area contributed by atoms with Crippen LogP contribution in [0.25, 0.3) is 0 Å². The Hall–Kier alpha value is -2.56. The van der Waals surface area contributed by atoms with Crippen molar-refractivity contribution in [3.8, 4) is 11.5 Å². The van der Waals surface area contributed by atoms with Gasteiger partial charge in [0.1, 0.15) is 13.2 Å². The first-order valence-electron chi connectivity index (χ1n) is 6.78. The lowest BCUT2D eigenvalue weighted by Crippen LogP contribution is -2.26. The molecule has 0 spiro atoms. The van der Waals surface area contributed by atoms with Gasteiger partial charge in [0.15, 0.2) is 11.5 Å². The molecule has 1 aliphatic rings. The third-order valence-corrected chi connectivity index (χ3v) is 3.30. The summed E-state index contributed by atoms with van der Waals surface area (Å²) >= 11 is 0. The Labute approximate surface area is 123 Å². The van der Waals surface area contributed by atoms with Crippen LogP contribution in [0.3, 0.4) is 0 Å². The van der Waals surface area contributed by atoms with Crippen LogP contribution in [0.2, 0.25) is 0 Å². The van der Waals surface area contributed by atoms with Crippen LogP contribution in [0.4, 0.5) is 0 Å². The third-order valence-electron chi connectivity index (χ3n) is 3.30. The van der Waals surface area contributed by atoms with Gasteiger partial charge in [0.2, 0.25) is 0 Å². The second-order valence-electron chi connectivity index (χ2n) is 4.88. The number of amides is 1. The molecular formula is C16H16N2O3. The molecule has 0 aliphatic carbocycles. The van der Waals surface area contributed by atoms with E-state index in [1.165, 1.54) is 0 Å². The van der Waals surface area contributed by atoms with Gasteiger partial charge >= 0.3 is 0 Å². The van der Waals surface area contributed by atoms with Gasteiger partial charge in [-0.3, -0.25) is 9.78 Å². The summed E-state index contributed by atoms with van der Waals surface area (Å²) in [7, 11) is 1.78. The Balaban J connectivity index is 1.73. The molecule has 0 fully saturated rings. The highest BCUT2D eigenvalue weighted by molar-refractivity contribution is 5.93. The minimum absolute atomic E-state index is 0.0349. The van der Waals surface area contributed by atoms with Gasteiger partial charge in [-0.15, -0.1) is 0 Å². The van der Waals surface area contributed by atoms with Crippen molar-refractivity contribution in [3.05, 3.63) is 53.9 Å². The van der Waals surface area contributed by atoms with E-state index in [1.807, 2.05) is 18.2 Å². The number of nitrogens with zero attached hydrogens (tertiary/aromatic N) is 2. The summed E-state index contributed by atoms with van der Waals surface area (Å²) in [5.74, 6) is 1.46. The first-order valence-corrected chi connectivity index (χ1v) is 6.78. The van der Waals surface area contributed by atoms with E-state index in [0.29, 0.717) is 25.3 Å². The van der Waals surface area contributed by atoms with Crippen LogP contribution in [0.1, 0.15) is 15.9 Å². The molecule has 2 aromatic rings. The van der Waals surface area contributed by atoms with Gasteiger partial charge in [0.05, 0.1) is 0 Å². The lowest BCUT2D eigenvalue weighted by Gasteiger charge is -2.21. The zero-order chi connectivity index (χ0) is 14.7. The molecule has 0 saturated heterocycles. The van der Waals surface area contributed by atoms with Gasteiger partial charge in [-0.25, -0.2) is 0 Å². The van der Waals surface area contributed by atoms with Crippen LogP contribution in [0.5, 0.6) is 11.5 Å². The van der Waals surface area contributed by atoms with Crippen molar-refractivity contribution in [1.29, 1.82) is 0 Å². The van der Waals surface area contributed by atoms with E-state index in [2.05, 4.69) is 4.98 Å². The van der Waals surface area contributed by atoms with Crippen LogP contribution in [-0.4, -0.2) is 36.1 Å². The number of fused-ring (bicyclic) bond motifs is 1. The molecule has 0 atom stereocenters. The lowest BCUT2D eigenvalue weighted by atomic mass is 10.1. The van der Waals surface area contributed by atoms with Gasteiger partial charge in [-0.05, 0) is 29.8 Å². The second kappa shape index (κ2) is 5.83. The van der Waals surface area contributed by atoms with Crippen molar-refractivity contribution < 1.29 is 14.3 Å². The van der Waals surface area contributed by atoms with Gasteiger partial charge in [-0.2, -0.15) is 0 Å². The highest BCUT2D eigenvalue weighted by Crippen LogP contribution is 2.31. The largest absolute Gasteiger partial charge is 0.486 e. The third kappa shape index (κ3) is 2.97. The smallest absolute Gasteiger partial charge is 0.254 e. The number of carbonyl (C=O) groups excluding carboxylic acids is 1. The molecule has 2 heterocycles. The predicted molar refractivity (Wildman–Crippen MR) is 77.5 cm³/mol. The SMILES string of the molecule is CN(Cc1ccc2c(c1)OCCO2)C(=O)c1ccncc1. The zero-order valence-corrected chi connectivity index (χ0v) is 11.8. The Kier molecular flexibility index (Phi) is 3.73. The Bertz CT molecular complexity index is 643. The highest BCUT2D eigenvalue weighted by Gasteiger charge is 2.15. The molecule has 3 rings (SSSR count). The summed E-state index contributed by atoms with van der Waals surface area (Å²) in [6, 6.07) is 9.18. The standard InChI is InChI=1S/C16H16N2O3/c1-18(16(19)13-4-6-17-7-5-13)11-12-2-3-14-15(10-12)21-9-8-20-14/h2-7,10H,8-9,11H2,1H3. The molecule has 0 unspecified atom stereocenters. The number of hydrogen-bond donors (Lipinski definition) is 0. The maximum absolute atomic E-state index is 12.3. The molecular weight excluding hydrogens is 268 g/mol. The Morgan fingerprint density at radius 1 is 1.14 bits per heavy atom. The molecule has 0 saturated carbocycles. The molecule has 0 bridgehead atoms. The normalized spacial score (nSPS) is 12.8. The number of pyridine rings is 1. The van der Waals surface area contributed by atoms with Gasteiger partial charge < -0.3 is 14.4 Å². The molecule has 5 heteroatoms. The fourth-order valence-corrected chi connectivity index (χ4v) is 2.25. The quantitative estimate of drug-likeness (QED) is 0.866. The summed E-state index contributed by atoms with van der Waals surface area (Å²) in [4.78, 5) is 17.9. The number of aromatic nitrogens is 1. The number of carbonyl (C=O) groups is 1. The fraction of sp³-hybridized carbons (Fsp3) is 0.250. The van der Waals surface area contributed by atoms with E-state index in [0.717, 1.165) is 17.1 Å². The maximum atomic E-state index is 12.3. The van der Waals surface area contributed by atoms with E-state index in [-0.39, 0.29) is 5.91 Å². The Morgan fingerprint density at radius 2 is 1.86 bits per heavy atom. The lowest BCUT2D eigenvalue weighted by molar-refractivity contribution is 0.0784. The van der Waals surface area contributed by atoms with E-state index >= 15 is 0 Å². The van der Waals surface area contributed by atoms with Crippen molar-refractivity contribution in [3.63, 3.8) is 0 Å². The first kappa shape index (κ1) is 13.4. The van der Waals surface area contributed by atoms with Crippen molar-refractivity contribution >= 4 is 5.91 Å². The number of ether oxygens (including phenoxy) is 2. The summed E-state index contributed by atoms with van der Waals surface area (Å²) in [5, 5.41) is 0. The average Bonchev–Trinajstić information content (AvgIpc) is 2.55. The minimum atomic E-state index is -0.0349. The second-order valence-corrected chi connectivity index (χ2v) is 4.88. The van der Waals surface area contributed by atoms with Crippen LogP contribution in [-0.2, 0) is 6.54 Å².